The van der Waals surface area contributed by atoms with Gasteiger partial charge in [-0.15, -0.1) is 0 Å². The van der Waals surface area contributed by atoms with Gasteiger partial charge in [0.2, 0.25) is 11.8 Å². The summed E-state index contributed by atoms with van der Waals surface area (Å²) in [6.07, 6.45) is 1.71. The molecule has 0 saturated heterocycles. The van der Waals surface area contributed by atoms with Crippen molar-refractivity contribution in [2.75, 3.05) is 48.4 Å². The van der Waals surface area contributed by atoms with Crippen molar-refractivity contribution in [1.29, 1.82) is 0 Å². The fraction of sp³-hybridized carbons (Fsp3) is 0.457. The van der Waals surface area contributed by atoms with Crippen molar-refractivity contribution in [3.63, 3.8) is 0 Å². The number of nitrogens with one attached hydrogen (secondary N) is 3. The third-order valence-electron chi connectivity index (χ3n) is 8.57. The Labute approximate surface area is 286 Å². The number of carbonyl (C=O) groups is 4. The van der Waals surface area contributed by atoms with E-state index in [9.17, 15) is 24.3 Å². The van der Waals surface area contributed by atoms with Gasteiger partial charge in [-0.05, 0) is 57.9 Å². The Morgan fingerprint density at radius 2 is 1.67 bits per heavy atom. The van der Waals surface area contributed by atoms with Crippen LogP contribution in [0, 0.1) is 19.8 Å². The molecule has 0 bridgehead atoms. The predicted molar refractivity (Wildman–Crippen MR) is 186 cm³/mol. The van der Waals surface area contributed by atoms with Crippen LogP contribution >= 0.6 is 0 Å². The molecule has 3 aromatic rings. The van der Waals surface area contributed by atoms with Crippen molar-refractivity contribution in [2.45, 2.75) is 71.9 Å². The van der Waals surface area contributed by atoms with Crippen LogP contribution in [0.1, 0.15) is 67.8 Å². The van der Waals surface area contributed by atoms with E-state index in [-0.39, 0.29) is 61.1 Å². The summed E-state index contributed by atoms with van der Waals surface area (Å²) in [5.41, 5.74) is 8.57. The number of para-hydroxylation sites is 3. The quantitative estimate of drug-likeness (QED) is 0.125. The Hall–Kier alpha value is -5.11. The van der Waals surface area contributed by atoms with Crippen LogP contribution in [0.5, 0.6) is 5.75 Å². The van der Waals surface area contributed by atoms with Gasteiger partial charge in [0, 0.05) is 32.4 Å². The molecular formula is C35H47N7O7. The lowest BCUT2D eigenvalue weighted by atomic mass is 9.99. The number of nitrogens with two attached hydrogens (primary N) is 1. The molecule has 3 atom stereocenters. The SMILES string of the molecule is Cc1noc(C)c1NC(=O)N(C)C[C@H]1Oc2c(NC(=O)CCCCCC(=O)Nc3ccccc3N)cccc2C(=O)N([C@@H](C)CO)C[C@@H]1C. The largest absolute Gasteiger partial charge is 0.485 e. The Bertz CT molecular complexity index is 1620. The van der Waals surface area contributed by atoms with Crippen molar-refractivity contribution in [3.05, 3.63) is 59.5 Å². The van der Waals surface area contributed by atoms with Crippen LogP contribution in [0.3, 0.4) is 0 Å². The van der Waals surface area contributed by atoms with Crippen molar-refractivity contribution >= 4 is 46.5 Å². The smallest absolute Gasteiger partial charge is 0.321 e. The molecule has 1 aliphatic rings. The number of anilines is 4. The molecule has 14 heteroatoms. The van der Waals surface area contributed by atoms with Crippen LogP contribution in [0.15, 0.2) is 47.0 Å². The first-order valence-corrected chi connectivity index (χ1v) is 16.5. The summed E-state index contributed by atoms with van der Waals surface area (Å²) in [7, 11) is 1.64. The lowest BCUT2D eigenvalue weighted by Gasteiger charge is -2.38. The molecule has 0 unspecified atom stereocenters. The zero-order valence-electron chi connectivity index (χ0n) is 28.7. The van der Waals surface area contributed by atoms with Crippen LogP contribution in [-0.2, 0) is 9.59 Å². The minimum absolute atomic E-state index is 0.146. The molecule has 0 radical (unpaired) electrons. The van der Waals surface area contributed by atoms with Crippen molar-refractivity contribution < 1.29 is 33.5 Å². The Balaban J connectivity index is 1.43. The molecule has 264 valence electrons. The van der Waals surface area contributed by atoms with Crippen LogP contribution < -0.4 is 26.4 Å². The summed E-state index contributed by atoms with van der Waals surface area (Å²) < 4.78 is 11.7. The first-order valence-electron chi connectivity index (χ1n) is 16.5. The summed E-state index contributed by atoms with van der Waals surface area (Å²) in [6, 6.07) is 11.1. The van der Waals surface area contributed by atoms with E-state index in [1.54, 1.807) is 75.2 Å². The molecule has 14 nitrogen and oxygen atoms in total. The highest BCUT2D eigenvalue weighted by Crippen LogP contribution is 2.35. The van der Waals surface area contributed by atoms with Crippen LogP contribution in [-0.4, -0.2) is 82.7 Å². The van der Waals surface area contributed by atoms with Gasteiger partial charge in [0.1, 0.15) is 17.5 Å². The molecule has 0 aliphatic carbocycles. The van der Waals surface area contributed by atoms with E-state index >= 15 is 0 Å². The highest BCUT2D eigenvalue weighted by Gasteiger charge is 2.35. The molecule has 0 saturated carbocycles. The van der Waals surface area contributed by atoms with E-state index in [1.807, 2.05) is 6.92 Å². The average molecular weight is 678 g/mol. The van der Waals surface area contributed by atoms with Crippen LogP contribution in [0.25, 0.3) is 0 Å². The van der Waals surface area contributed by atoms with Crippen LogP contribution in [0.4, 0.5) is 27.5 Å². The second kappa shape index (κ2) is 16.8. The highest BCUT2D eigenvalue weighted by molar-refractivity contribution is 6.01. The molecule has 1 aliphatic heterocycles. The number of aryl methyl sites for hydroxylation is 2. The van der Waals surface area contributed by atoms with Crippen molar-refractivity contribution in [3.8, 4) is 5.75 Å². The van der Waals surface area contributed by atoms with E-state index in [0.717, 1.165) is 0 Å². The molecule has 1 aromatic heterocycles. The van der Waals surface area contributed by atoms with Crippen molar-refractivity contribution in [2.24, 2.45) is 5.92 Å². The summed E-state index contributed by atoms with van der Waals surface area (Å²) in [5.74, 6) is -0.335. The van der Waals surface area contributed by atoms with Crippen molar-refractivity contribution in [1.82, 2.24) is 15.0 Å². The van der Waals surface area contributed by atoms with E-state index in [2.05, 4.69) is 21.1 Å². The number of fused-ring (bicyclic) bond motifs is 1. The number of aromatic nitrogens is 1. The van der Waals surface area contributed by atoms with Gasteiger partial charge in [-0.2, -0.15) is 0 Å². The monoisotopic (exact) mass is 677 g/mol. The van der Waals surface area contributed by atoms with E-state index < -0.39 is 18.2 Å². The first-order chi connectivity index (χ1) is 23.4. The standard InChI is InChI=1S/C35H47N7O7/c1-21-18-42(22(2)20-43)34(46)25-12-11-15-28(33(25)48-29(21)19-41(5)35(47)39-32-23(3)40-49-24(32)4)38-31(45)17-8-6-7-16-30(44)37-27-14-10-9-13-26(27)36/h9-15,21-22,29,43H,6-8,16-20,36H2,1-5H3,(H,37,44)(H,38,45)(H,39,47)/t21-,22-,29+/m0/s1. The Morgan fingerprint density at radius 1 is 1.02 bits per heavy atom. The normalized spacial score (nSPS) is 16.4. The maximum atomic E-state index is 13.8. The number of unbranched alkanes of at least 4 members (excludes halogenated alkanes) is 2. The summed E-state index contributed by atoms with van der Waals surface area (Å²) >= 11 is 0. The number of aliphatic hydroxyl groups excluding tert-OH is 1. The third-order valence-corrected chi connectivity index (χ3v) is 8.57. The average Bonchev–Trinajstić information content (AvgIpc) is 3.39. The number of hydrogen-bond donors (Lipinski definition) is 5. The van der Waals surface area contributed by atoms with Gasteiger partial charge in [0.05, 0.1) is 41.8 Å². The summed E-state index contributed by atoms with van der Waals surface area (Å²) in [5, 5.41) is 22.4. The molecule has 49 heavy (non-hydrogen) atoms. The zero-order valence-corrected chi connectivity index (χ0v) is 28.7. The number of likely N-dealkylation sites (N-methyl/N-ethyl adjacent to an activating group) is 1. The third kappa shape index (κ3) is 9.50. The van der Waals surface area contributed by atoms with Gasteiger partial charge < -0.3 is 45.9 Å². The maximum absolute atomic E-state index is 13.8. The number of aliphatic hydroxyl groups is 1. The lowest BCUT2D eigenvalue weighted by molar-refractivity contribution is -0.116. The summed E-state index contributed by atoms with van der Waals surface area (Å²) in [4.78, 5) is 55.4. The molecule has 2 aromatic carbocycles. The lowest BCUT2D eigenvalue weighted by Crippen LogP contribution is -2.50. The predicted octanol–water partition coefficient (Wildman–Crippen LogP) is 4.79. The molecular weight excluding hydrogens is 630 g/mol. The van der Waals surface area contributed by atoms with Gasteiger partial charge in [-0.3, -0.25) is 14.4 Å². The highest BCUT2D eigenvalue weighted by atomic mass is 16.5. The molecule has 0 spiro atoms. The fourth-order valence-corrected chi connectivity index (χ4v) is 5.56. The van der Waals surface area contributed by atoms with Gasteiger partial charge in [-0.25, -0.2) is 4.79 Å². The van der Waals surface area contributed by atoms with E-state index in [0.29, 0.717) is 59.9 Å². The number of rotatable bonds is 13. The minimum Gasteiger partial charge on any atom is -0.485 e. The van der Waals surface area contributed by atoms with Gasteiger partial charge in [-0.1, -0.05) is 36.7 Å². The number of carbonyl (C=O) groups excluding carboxylic acids is 4. The second-order valence-electron chi connectivity index (χ2n) is 12.6. The zero-order chi connectivity index (χ0) is 35.7. The number of urea groups is 1. The van der Waals surface area contributed by atoms with Gasteiger partial charge in [0.15, 0.2) is 11.5 Å². The fourth-order valence-electron chi connectivity index (χ4n) is 5.56. The first kappa shape index (κ1) is 36.7. The number of ether oxygens (including phenoxy) is 1. The number of nitrogens with zero attached hydrogens (tertiary/aromatic N) is 3. The molecule has 4 rings (SSSR count). The maximum Gasteiger partial charge on any atom is 0.321 e. The molecule has 2 heterocycles. The number of benzene rings is 2. The van der Waals surface area contributed by atoms with E-state index in [4.69, 9.17) is 15.0 Å². The second-order valence-corrected chi connectivity index (χ2v) is 12.6. The number of amides is 5. The van der Waals surface area contributed by atoms with Crippen LogP contribution in [0.2, 0.25) is 0 Å². The van der Waals surface area contributed by atoms with E-state index in [1.165, 1.54) is 4.90 Å². The van der Waals surface area contributed by atoms with Gasteiger partial charge >= 0.3 is 6.03 Å². The Kier molecular flexibility index (Phi) is 12.6. The van der Waals surface area contributed by atoms with Gasteiger partial charge in [0.25, 0.3) is 5.91 Å². The number of hydrogen-bond acceptors (Lipinski definition) is 9. The Morgan fingerprint density at radius 3 is 2.31 bits per heavy atom. The molecule has 0 fully saturated rings. The number of nitrogen functional groups attached to an aromatic ring is 1. The minimum atomic E-state index is -0.587. The molecule has 6 N–H and O–H groups in total. The summed E-state index contributed by atoms with van der Waals surface area (Å²) in [6.45, 7) is 7.30. The topological polar surface area (TPSA) is 192 Å². The molecule has 5 amide bonds.